The standard InChI is InChI=1S/C17H25N5O3S.C10H20N2OS.C7H15NO.C2H5NS.CH2Cl2/c1-3-22-17(18-19-20-22)21-11-8-15(9-12-21)10-13-25-26(23,24)16-6-4-14(2)5-7-16;1-2-11-10(14)12-6-3-9(4-7-12)5-8-13;9-6-3-7-1-4-8-5-2-7;1-2-3-4;2-1-3/h4-7,15H,3,8-13H2,1-2H3;9,13H,2-8H2,1H3,(H,11,14);7-9H,1-6H2;2H2,1H3;1H2. The van der Waals surface area contributed by atoms with Gasteiger partial charge in [-0.25, -0.2) is 9.04 Å². The van der Waals surface area contributed by atoms with Crippen molar-refractivity contribution in [1.29, 1.82) is 0 Å². The van der Waals surface area contributed by atoms with Crippen molar-refractivity contribution < 1.29 is 22.8 Å². The lowest BCUT2D eigenvalue weighted by molar-refractivity contribution is 0.203. The molecule has 3 aliphatic heterocycles. The molecular weight excluding hydrogens is 818 g/mol. The summed E-state index contributed by atoms with van der Waals surface area (Å²) >= 11 is 18.9. The second-order valence-corrected chi connectivity index (χ2v) is 16.7. The quantitative estimate of drug-likeness (QED) is 0.113. The maximum absolute atomic E-state index is 12.2. The summed E-state index contributed by atoms with van der Waals surface area (Å²) in [6, 6.07) is 6.72. The average molecular weight is 885 g/mol. The molecule has 0 spiro atoms. The molecule has 0 radical (unpaired) electrons. The van der Waals surface area contributed by atoms with Crippen LogP contribution >= 0.6 is 35.4 Å². The van der Waals surface area contributed by atoms with E-state index in [0.717, 1.165) is 126 Å². The highest BCUT2D eigenvalue weighted by Gasteiger charge is 2.24. The number of thiocarbonyl (C=S) groups is 1. The predicted octanol–water partition coefficient (Wildman–Crippen LogP) is 5.52. The van der Waals surface area contributed by atoms with Crippen LogP contribution < -0.4 is 15.5 Å². The Morgan fingerprint density at radius 1 is 0.929 bits per heavy atom. The first-order chi connectivity index (χ1) is 27.0. The van der Waals surface area contributed by atoms with Gasteiger partial charge in [-0.05, 0) is 151 Å². The number of alkyl halides is 2. The molecule has 1 aromatic carbocycles. The first kappa shape index (κ1) is 52.2. The van der Waals surface area contributed by atoms with Gasteiger partial charge in [0.1, 0.15) is 0 Å². The summed E-state index contributed by atoms with van der Waals surface area (Å²) in [5, 5.41) is 36.8. The molecule has 322 valence electrons. The van der Waals surface area contributed by atoms with Gasteiger partial charge in [-0.1, -0.05) is 22.8 Å². The normalized spacial score (nSPS) is 16.4. The third-order valence-electron chi connectivity index (χ3n) is 9.68. The number of aliphatic hydroxyl groups excluding tert-OH is 2. The monoisotopic (exact) mass is 883 g/mol. The topological polar surface area (TPSA) is 170 Å². The van der Waals surface area contributed by atoms with Gasteiger partial charge in [-0.2, -0.15) is 8.42 Å². The molecular formula is C37H67Cl2N9O5S3. The molecule has 0 unspecified atom stereocenters. The summed E-state index contributed by atoms with van der Waals surface area (Å²) < 4.78 is 34.7. The van der Waals surface area contributed by atoms with Crippen LogP contribution in [0.1, 0.15) is 84.1 Å². The van der Waals surface area contributed by atoms with E-state index >= 15 is 0 Å². The summed E-state index contributed by atoms with van der Waals surface area (Å²) in [5.74, 6) is 2.74. The molecule has 0 aliphatic carbocycles. The zero-order valence-corrected chi connectivity index (χ0v) is 37.8. The minimum Gasteiger partial charge on any atom is -0.396 e. The molecule has 4 heterocycles. The summed E-state index contributed by atoms with van der Waals surface area (Å²) in [4.78, 5) is 4.63. The van der Waals surface area contributed by atoms with Gasteiger partial charge in [0.2, 0.25) is 5.95 Å². The maximum Gasteiger partial charge on any atom is 0.296 e. The third kappa shape index (κ3) is 21.8. The van der Waals surface area contributed by atoms with Gasteiger partial charge in [-0.15, -0.1) is 23.2 Å². The number of aryl methyl sites for hydroxylation is 2. The van der Waals surface area contributed by atoms with Crippen molar-refractivity contribution in [3.05, 3.63) is 29.8 Å². The fourth-order valence-corrected chi connectivity index (χ4v) is 7.62. The fourth-order valence-electron chi connectivity index (χ4n) is 6.37. The first-order valence-corrected chi connectivity index (χ1v) is 23.1. The van der Waals surface area contributed by atoms with Crippen LogP contribution in [0.25, 0.3) is 0 Å². The Morgan fingerprint density at radius 3 is 1.95 bits per heavy atom. The van der Waals surface area contributed by atoms with Crippen molar-refractivity contribution in [3.63, 3.8) is 0 Å². The van der Waals surface area contributed by atoms with Crippen molar-refractivity contribution in [2.75, 3.05) is 82.4 Å². The van der Waals surface area contributed by atoms with Gasteiger partial charge in [0.05, 0.1) is 16.8 Å². The summed E-state index contributed by atoms with van der Waals surface area (Å²) in [5.41, 5.74) is 1.02. The van der Waals surface area contributed by atoms with E-state index in [1.807, 2.05) is 20.8 Å². The second kappa shape index (κ2) is 32.1. The summed E-state index contributed by atoms with van der Waals surface area (Å²) in [6.45, 7) is 17.3. The number of likely N-dealkylation sites (tertiary alicyclic amines) is 1. The van der Waals surface area contributed by atoms with Crippen LogP contribution in [0.3, 0.4) is 0 Å². The molecule has 3 aliphatic rings. The van der Waals surface area contributed by atoms with Crippen molar-refractivity contribution in [2.45, 2.75) is 96.9 Å². The molecule has 5 rings (SSSR count). The molecule has 1 aromatic heterocycles. The first-order valence-electron chi connectivity index (χ1n) is 19.9. The van der Waals surface area contributed by atoms with E-state index in [4.69, 9.17) is 49.8 Å². The van der Waals surface area contributed by atoms with Crippen LogP contribution in [0.5, 0.6) is 0 Å². The number of nitrogens with zero attached hydrogens (tertiary/aromatic N) is 7. The zero-order chi connectivity index (χ0) is 41.6. The number of benzene rings is 1. The van der Waals surface area contributed by atoms with Crippen LogP contribution in [-0.4, -0.2) is 126 Å². The number of aliphatic hydroxyl groups is 2. The molecule has 0 atom stereocenters. The minimum atomic E-state index is -3.67. The lowest BCUT2D eigenvalue weighted by Gasteiger charge is -2.33. The van der Waals surface area contributed by atoms with Crippen LogP contribution in [0.2, 0.25) is 0 Å². The molecule has 3 saturated heterocycles. The van der Waals surface area contributed by atoms with E-state index in [2.05, 4.69) is 59.7 Å². The third-order valence-corrected chi connectivity index (χ3v) is 11.7. The Balaban J connectivity index is 0.000000435. The average Bonchev–Trinajstić information content (AvgIpc) is 3.70. The number of nitrogens with one attached hydrogen (secondary N) is 2. The van der Waals surface area contributed by atoms with E-state index in [-0.39, 0.29) is 16.8 Å². The summed E-state index contributed by atoms with van der Waals surface area (Å²) in [6.07, 6.45) is 9.45. The molecule has 19 heteroatoms. The highest BCUT2D eigenvalue weighted by molar-refractivity contribution is 7.86. The van der Waals surface area contributed by atoms with Crippen LogP contribution in [0.15, 0.2) is 33.5 Å². The predicted molar refractivity (Wildman–Crippen MR) is 234 cm³/mol. The Kier molecular flexibility index (Phi) is 29.9. The van der Waals surface area contributed by atoms with Crippen LogP contribution in [0.4, 0.5) is 5.95 Å². The lowest BCUT2D eigenvalue weighted by atomic mass is 9.94. The van der Waals surface area contributed by atoms with Crippen molar-refractivity contribution >= 4 is 69.0 Å². The molecule has 2 aromatic rings. The van der Waals surface area contributed by atoms with E-state index in [1.165, 1.54) is 12.8 Å². The number of hydrogen-bond acceptors (Lipinski definition) is 13. The zero-order valence-electron chi connectivity index (χ0n) is 33.8. The highest BCUT2D eigenvalue weighted by atomic mass is 35.5. The Labute approximate surface area is 357 Å². The van der Waals surface area contributed by atoms with Crippen molar-refractivity contribution in [2.24, 2.45) is 22.1 Å². The maximum atomic E-state index is 12.2. The molecule has 56 heavy (non-hydrogen) atoms. The number of rotatable bonds is 13. The van der Waals surface area contributed by atoms with E-state index in [9.17, 15) is 8.42 Å². The Morgan fingerprint density at radius 2 is 1.45 bits per heavy atom. The van der Waals surface area contributed by atoms with E-state index in [1.54, 1.807) is 28.9 Å². The SMILES string of the molecule is CCN=S.CCNC(=S)N1CCC(CCO)CC1.CCn1nnnc1N1CCC(CCOS(=O)(=O)c2ccc(C)cc2)CC1.ClCCl.OCCC1CCNCC1. The van der Waals surface area contributed by atoms with Crippen molar-refractivity contribution in [3.8, 4) is 0 Å². The van der Waals surface area contributed by atoms with Gasteiger partial charge in [0.15, 0.2) is 5.11 Å². The molecule has 0 bridgehead atoms. The number of anilines is 1. The van der Waals surface area contributed by atoms with E-state index < -0.39 is 10.1 Å². The molecule has 3 fully saturated rings. The fraction of sp³-hybridized carbons (Fsp3) is 0.784. The number of tetrazole rings is 1. The highest BCUT2D eigenvalue weighted by Crippen LogP contribution is 2.25. The molecule has 0 amide bonds. The number of halogens is 2. The number of hydrogen-bond donors (Lipinski definition) is 4. The van der Waals surface area contributed by atoms with Crippen molar-refractivity contribution in [1.82, 2.24) is 35.7 Å². The number of aromatic nitrogens is 4. The van der Waals surface area contributed by atoms with Gasteiger partial charge in [0.25, 0.3) is 10.1 Å². The van der Waals surface area contributed by atoms with Crippen LogP contribution in [0, 0.1) is 24.7 Å². The van der Waals surface area contributed by atoms with Gasteiger partial charge < -0.3 is 30.6 Å². The molecule has 0 saturated carbocycles. The Hall–Kier alpha value is -1.83. The molecule has 14 nitrogen and oxygen atoms in total. The van der Waals surface area contributed by atoms with Gasteiger partial charge in [0, 0.05) is 71.5 Å². The van der Waals surface area contributed by atoms with Gasteiger partial charge >= 0.3 is 0 Å². The number of piperidine rings is 3. The lowest BCUT2D eigenvalue weighted by Crippen LogP contribution is -2.44. The second-order valence-electron chi connectivity index (χ2n) is 13.6. The van der Waals surface area contributed by atoms with Crippen LogP contribution in [-0.2, 0) is 33.3 Å². The largest absolute Gasteiger partial charge is 0.396 e. The van der Waals surface area contributed by atoms with Gasteiger partial charge in [-0.3, -0.25) is 4.18 Å². The molecule has 4 N–H and O–H groups in total. The van der Waals surface area contributed by atoms with E-state index in [0.29, 0.717) is 25.0 Å². The minimum absolute atomic E-state index is 0.194. The summed E-state index contributed by atoms with van der Waals surface area (Å²) in [7, 11) is -3.67. The Bertz CT molecular complexity index is 1390. The smallest absolute Gasteiger partial charge is 0.296 e.